The van der Waals surface area contributed by atoms with E-state index in [4.69, 9.17) is 16.3 Å². The number of nitrogens with one attached hydrogen (secondary N) is 1. The summed E-state index contributed by atoms with van der Waals surface area (Å²) < 4.78 is 7.80. The third-order valence-electron chi connectivity index (χ3n) is 4.79. The molecule has 0 bridgehead atoms. The van der Waals surface area contributed by atoms with Crippen molar-refractivity contribution in [2.75, 3.05) is 11.1 Å². The molecule has 0 aliphatic heterocycles. The van der Waals surface area contributed by atoms with Crippen molar-refractivity contribution in [2.45, 2.75) is 45.0 Å². The van der Waals surface area contributed by atoms with Crippen LogP contribution in [0.2, 0.25) is 5.02 Å². The van der Waals surface area contributed by atoms with E-state index >= 15 is 0 Å². The number of hydrogen-bond acceptors (Lipinski definition) is 5. The Kier molecular flexibility index (Phi) is 8.36. The fourth-order valence-electron chi connectivity index (χ4n) is 3.04. The molecule has 6 nitrogen and oxygen atoms in total. The molecule has 1 aromatic heterocycles. The average Bonchev–Trinajstić information content (AvgIpc) is 3.14. The van der Waals surface area contributed by atoms with Crippen LogP contribution in [0.3, 0.4) is 0 Å². The number of anilines is 1. The highest BCUT2D eigenvalue weighted by atomic mass is 35.5. The third-order valence-corrected chi connectivity index (χ3v) is 5.99. The van der Waals surface area contributed by atoms with Gasteiger partial charge in [0.25, 0.3) is 0 Å². The van der Waals surface area contributed by atoms with Gasteiger partial charge in [-0.1, -0.05) is 55.4 Å². The van der Waals surface area contributed by atoms with E-state index in [1.54, 1.807) is 12.1 Å². The van der Waals surface area contributed by atoms with E-state index in [9.17, 15) is 4.79 Å². The van der Waals surface area contributed by atoms with Crippen LogP contribution < -0.4 is 10.1 Å². The monoisotopic (exact) mass is 470 g/mol. The Bertz CT molecular complexity index is 1080. The third kappa shape index (κ3) is 6.37. The number of allylic oxidation sites excluding steroid dienone is 1. The lowest BCUT2D eigenvalue weighted by atomic mass is 10.0. The molecule has 0 spiro atoms. The first kappa shape index (κ1) is 23.9. The highest BCUT2D eigenvalue weighted by Gasteiger charge is 2.15. The second-order valence-electron chi connectivity index (χ2n) is 7.61. The summed E-state index contributed by atoms with van der Waals surface area (Å²) in [5, 5.41) is 12.7. The van der Waals surface area contributed by atoms with E-state index in [0.29, 0.717) is 28.5 Å². The zero-order valence-corrected chi connectivity index (χ0v) is 20.0. The van der Waals surface area contributed by atoms with Crippen molar-refractivity contribution in [2.24, 2.45) is 0 Å². The summed E-state index contributed by atoms with van der Waals surface area (Å²) in [4.78, 5) is 12.4. The minimum absolute atomic E-state index is 0.102. The summed E-state index contributed by atoms with van der Waals surface area (Å²) in [5.74, 6) is 1.97. The van der Waals surface area contributed by atoms with Crippen LogP contribution in [0.4, 0.5) is 5.69 Å². The van der Waals surface area contributed by atoms with Gasteiger partial charge in [-0.05, 0) is 54.3 Å². The Balaban J connectivity index is 1.60. The molecule has 0 fully saturated rings. The number of nitrogens with zero attached hydrogens (tertiary/aromatic N) is 3. The average molecular weight is 471 g/mol. The quantitative estimate of drug-likeness (QED) is 0.297. The first-order chi connectivity index (χ1) is 15.4. The summed E-state index contributed by atoms with van der Waals surface area (Å²) in [6, 6.07) is 13.4. The van der Waals surface area contributed by atoms with E-state index in [-0.39, 0.29) is 18.3 Å². The van der Waals surface area contributed by atoms with Crippen molar-refractivity contribution in [1.82, 2.24) is 14.8 Å². The molecule has 0 saturated heterocycles. The van der Waals surface area contributed by atoms with Crippen LogP contribution >= 0.6 is 23.4 Å². The van der Waals surface area contributed by atoms with Gasteiger partial charge in [-0.15, -0.1) is 16.8 Å². The maximum absolute atomic E-state index is 12.4. The van der Waals surface area contributed by atoms with E-state index < -0.39 is 0 Å². The van der Waals surface area contributed by atoms with Crippen molar-refractivity contribution in [3.63, 3.8) is 0 Å². The number of aromatic nitrogens is 3. The number of rotatable bonds is 10. The first-order valence-corrected chi connectivity index (χ1v) is 11.7. The number of carbonyl (C=O) groups excluding carboxylic acids is 1. The predicted octanol–water partition coefficient (Wildman–Crippen LogP) is 5.86. The molecule has 0 atom stereocenters. The number of amides is 1. The van der Waals surface area contributed by atoms with Gasteiger partial charge in [-0.25, -0.2) is 0 Å². The lowest BCUT2D eigenvalue weighted by Crippen LogP contribution is -2.15. The van der Waals surface area contributed by atoms with Crippen molar-refractivity contribution in [1.29, 1.82) is 0 Å². The van der Waals surface area contributed by atoms with Gasteiger partial charge in [0.1, 0.15) is 12.4 Å². The van der Waals surface area contributed by atoms with Crippen LogP contribution in [0.25, 0.3) is 0 Å². The van der Waals surface area contributed by atoms with Gasteiger partial charge in [0.05, 0.1) is 5.75 Å². The maximum atomic E-state index is 12.4. The van der Waals surface area contributed by atoms with E-state index in [1.165, 1.54) is 17.3 Å². The summed E-state index contributed by atoms with van der Waals surface area (Å²) in [6.45, 7) is 10.8. The van der Waals surface area contributed by atoms with Crippen molar-refractivity contribution < 1.29 is 9.53 Å². The first-order valence-electron chi connectivity index (χ1n) is 10.3. The lowest BCUT2D eigenvalue weighted by Gasteiger charge is -2.11. The van der Waals surface area contributed by atoms with E-state index in [0.717, 1.165) is 17.0 Å². The molecule has 32 heavy (non-hydrogen) atoms. The number of ether oxygens (including phenoxy) is 1. The highest BCUT2D eigenvalue weighted by Crippen LogP contribution is 2.24. The molecular weight excluding hydrogens is 444 g/mol. The number of benzene rings is 2. The van der Waals surface area contributed by atoms with Gasteiger partial charge in [0.2, 0.25) is 5.91 Å². The number of aryl methyl sites for hydroxylation is 1. The maximum Gasteiger partial charge on any atom is 0.234 e. The zero-order chi connectivity index (χ0) is 23.1. The molecule has 2 aromatic carbocycles. The zero-order valence-electron chi connectivity index (χ0n) is 18.5. The summed E-state index contributed by atoms with van der Waals surface area (Å²) in [7, 11) is 0. The normalized spacial score (nSPS) is 10.9. The van der Waals surface area contributed by atoms with Gasteiger partial charge >= 0.3 is 0 Å². The molecule has 8 heteroatoms. The Morgan fingerprint density at radius 1 is 1.25 bits per heavy atom. The Hall–Kier alpha value is -2.77. The Morgan fingerprint density at radius 3 is 2.66 bits per heavy atom. The number of carbonyl (C=O) groups is 1. The molecule has 0 radical (unpaired) electrons. The van der Waals surface area contributed by atoms with Crippen molar-refractivity contribution in [3.05, 3.63) is 77.1 Å². The molecule has 1 amide bonds. The molecule has 0 saturated carbocycles. The fourth-order valence-corrected chi connectivity index (χ4v) is 4.03. The molecule has 1 heterocycles. The van der Waals surface area contributed by atoms with Crippen LogP contribution in [0.5, 0.6) is 5.75 Å². The van der Waals surface area contributed by atoms with Gasteiger partial charge < -0.3 is 10.1 Å². The number of thioether (sulfide) groups is 1. The van der Waals surface area contributed by atoms with Gasteiger partial charge in [-0.2, -0.15) is 0 Å². The minimum atomic E-state index is -0.102. The fraction of sp³-hybridized carbons (Fsp3) is 0.292. The van der Waals surface area contributed by atoms with E-state index in [1.807, 2.05) is 47.9 Å². The Morgan fingerprint density at radius 2 is 2.00 bits per heavy atom. The number of hydrogen-bond donors (Lipinski definition) is 1. The lowest BCUT2D eigenvalue weighted by molar-refractivity contribution is -0.113. The topological polar surface area (TPSA) is 69.0 Å². The molecule has 3 aromatic rings. The largest absolute Gasteiger partial charge is 0.485 e. The van der Waals surface area contributed by atoms with Gasteiger partial charge in [-0.3, -0.25) is 9.36 Å². The molecule has 0 unspecified atom stereocenters. The minimum Gasteiger partial charge on any atom is -0.485 e. The summed E-state index contributed by atoms with van der Waals surface area (Å²) in [6.07, 6.45) is 1.76. The SMILES string of the molecule is C=CCn1c(COc2ccc(Cl)cc2C)nnc1SCC(=O)Nc1ccc(C(C)C)cc1. The van der Waals surface area contributed by atoms with Crippen molar-refractivity contribution >= 4 is 35.0 Å². The highest BCUT2D eigenvalue weighted by molar-refractivity contribution is 7.99. The number of halogens is 1. The Labute approximate surface area is 198 Å². The van der Waals surface area contributed by atoms with Crippen LogP contribution in [0.1, 0.15) is 36.7 Å². The smallest absolute Gasteiger partial charge is 0.234 e. The van der Waals surface area contributed by atoms with Crippen LogP contribution in [-0.4, -0.2) is 26.4 Å². The second kappa shape index (κ2) is 11.2. The molecule has 168 valence electrons. The van der Waals surface area contributed by atoms with Gasteiger partial charge in [0.15, 0.2) is 11.0 Å². The molecule has 3 rings (SSSR count). The molecule has 0 aliphatic rings. The van der Waals surface area contributed by atoms with E-state index in [2.05, 4.69) is 35.9 Å². The van der Waals surface area contributed by atoms with Crippen molar-refractivity contribution in [3.8, 4) is 5.75 Å². The summed E-state index contributed by atoms with van der Waals surface area (Å²) in [5.41, 5.74) is 2.96. The van der Waals surface area contributed by atoms with Crippen LogP contribution in [0, 0.1) is 6.92 Å². The van der Waals surface area contributed by atoms with Crippen LogP contribution in [-0.2, 0) is 17.9 Å². The molecular formula is C24H27ClN4O2S. The van der Waals surface area contributed by atoms with Gasteiger partial charge in [0, 0.05) is 17.3 Å². The predicted molar refractivity (Wildman–Crippen MR) is 131 cm³/mol. The summed E-state index contributed by atoms with van der Waals surface area (Å²) >= 11 is 7.33. The standard InChI is InChI=1S/C24H27ClN4O2S/c1-5-12-29-22(14-31-21-11-8-19(25)13-17(21)4)27-28-24(29)32-15-23(30)26-20-9-6-18(7-10-20)16(2)3/h5-11,13,16H,1,12,14-15H2,2-4H3,(H,26,30). The van der Waals surface area contributed by atoms with Crippen LogP contribution in [0.15, 0.2) is 60.3 Å². The molecule has 1 N–H and O–H groups in total. The second-order valence-corrected chi connectivity index (χ2v) is 8.99. The molecule has 0 aliphatic carbocycles.